The van der Waals surface area contributed by atoms with Crippen LogP contribution in [-0.2, 0) is 20.9 Å². The highest BCUT2D eigenvalue weighted by Crippen LogP contribution is 2.36. The van der Waals surface area contributed by atoms with Gasteiger partial charge in [0.15, 0.2) is 0 Å². The molecule has 1 aliphatic heterocycles. The predicted molar refractivity (Wildman–Crippen MR) is 131 cm³/mol. The topological polar surface area (TPSA) is 74.2 Å². The molecule has 4 rings (SSSR count). The molecule has 184 valence electrons. The number of aliphatic carboxylic acids is 1. The molecule has 0 aromatic heterocycles. The number of carboxylic acid groups (broad SMARTS) is 1. The predicted octanol–water partition coefficient (Wildman–Crippen LogP) is 5.84. The molecule has 0 unspecified atom stereocenters. The first-order valence-electron chi connectivity index (χ1n) is 12.4. The molecule has 1 saturated carbocycles. The van der Waals surface area contributed by atoms with E-state index in [2.05, 4.69) is 26.0 Å². The summed E-state index contributed by atoms with van der Waals surface area (Å²) in [5.74, 6) is 0.485. The Kier molecular flexibility index (Phi) is 7.79. The van der Waals surface area contributed by atoms with Crippen LogP contribution < -0.4 is 9.47 Å². The van der Waals surface area contributed by atoms with Gasteiger partial charge in [-0.3, -0.25) is 0 Å². The molecule has 34 heavy (non-hydrogen) atoms. The molecule has 2 aromatic rings. The largest absolute Gasteiger partial charge is 0.494 e. The monoisotopic (exact) mass is 468 g/mol. The zero-order valence-corrected chi connectivity index (χ0v) is 20.5. The van der Waals surface area contributed by atoms with Gasteiger partial charge in [-0.2, -0.15) is 0 Å². The Morgan fingerprint density at radius 1 is 1.12 bits per heavy atom. The van der Waals surface area contributed by atoms with Crippen molar-refractivity contribution in [3.05, 3.63) is 47.0 Å². The van der Waals surface area contributed by atoms with Gasteiger partial charge in [0.2, 0.25) is 5.60 Å². The highest BCUT2D eigenvalue weighted by atomic mass is 16.5. The van der Waals surface area contributed by atoms with E-state index in [9.17, 15) is 9.90 Å². The van der Waals surface area contributed by atoms with Crippen molar-refractivity contribution in [3.8, 4) is 22.6 Å². The van der Waals surface area contributed by atoms with E-state index in [0.29, 0.717) is 45.0 Å². The number of hydrogen-bond donors (Lipinski definition) is 1. The number of ether oxygens (including phenoxy) is 4. The summed E-state index contributed by atoms with van der Waals surface area (Å²) < 4.78 is 23.7. The molecule has 2 fully saturated rings. The number of hydrogen-bond acceptors (Lipinski definition) is 5. The van der Waals surface area contributed by atoms with Gasteiger partial charge in [0.1, 0.15) is 11.5 Å². The quantitative estimate of drug-likeness (QED) is 0.498. The highest BCUT2D eigenvalue weighted by molar-refractivity contribution is 5.78. The lowest BCUT2D eigenvalue weighted by atomic mass is 9.93. The van der Waals surface area contributed by atoms with Crippen molar-refractivity contribution in [1.29, 1.82) is 0 Å². The molecule has 0 spiro atoms. The Labute approximate surface area is 202 Å². The molecule has 1 heterocycles. The average Bonchev–Trinajstić information content (AvgIpc) is 3.35. The number of carboxylic acids is 1. The summed E-state index contributed by atoms with van der Waals surface area (Å²) in [6.07, 6.45) is 5.52. The van der Waals surface area contributed by atoms with Gasteiger partial charge < -0.3 is 24.1 Å². The Bertz CT molecular complexity index is 1000. The van der Waals surface area contributed by atoms with Crippen molar-refractivity contribution in [2.24, 2.45) is 0 Å². The third-order valence-electron chi connectivity index (χ3n) is 7.09. The summed E-state index contributed by atoms with van der Waals surface area (Å²) in [7, 11) is 0. The van der Waals surface area contributed by atoms with E-state index in [1.54, 1.807) is 0 Å². The molecule has 2 aliphatic rings. The lowest BCUT2D eigenvalue weighted by molar-refractivity contribution is -0.163. The van der Waals surface area contributed by atoms with Crippen molar-refractivity contribution in [2.75, 3.05) is 19.8 Å². The van der Waals surface area contributed by atoms with Crippen molar-refractivity contribution in [2.45, 2.75) is 77.6 Å². The molecule has 1 N–H and O–H groups in total. The van der Waals surface area contributed by atoms with Crippen LogP contribution in [0.3, 0.4) is 0 Å². The van der Waals surface area contributed by atoms with E-state index in [4.69, 9.17) is 18.9 Å². The maximum atomic E-state index is 12.1. The van der Waals surface area contributed by atoms with E-state index in [1.807, 2.05) is 25.1 Å². The molecule has 0 radical (unpaired) electrons. The van der Waals surface area contributed by atoms with E-state index in [0.717, 1.165) is 46.4 Å². The second-order valence-corrected chi connectivity index (χ2v) is 9.40. The molecule has 1 aliphatic carbocycles. The Balaban J connectivity index is 1.69. The van der Waals surface area contributed by atoms with Crippen LogP contribution in [0.15, 0.2) is 30.3 Å². The second-order valence-electron chi connectivity index (χ2n) is 9.40. The first kappa shape index (κ1) is 24.6. The molecular weight excluding hydrogens is 432 g/mol. The number of rotatable bonds is 9. The maximum Gasteiger partial charge on any atom is 0.348 e. The zero-order valence-electron chi connectivity index (χ0n) is 20.5. The van der Waals surface area contributed by atoms with Gasteiger partial charge in [-0.25, -0.2) is 4.79 Å². The van der Waals surface area contributed by atoms with E-state index >= 15 is 0 Å². The van der Waals surface area contributed by atoms with Crippen LogP contribution in [-0.4, -0.2) is 42.6 Å². The number of aryl methyl sites for hydroxylation is 1. The summed E-state index contributed by atoms with van der Waals surface area (Å²) in [5.41, 5.74) is 4.13. The van der Waals surface area contributed by atoms with Crippen LogP contribution in [0, 0.1) is 13.8 Å². The lowest BCUT2D eigenvalue weighted by Gasteiger charge is -2.33. The molecule has 6 heteroatoms. The third-order valence-corrected chi connectivity index (χ3v) is 7.09. The van der Waals surface area contributed by atoms with E-state index in [1.165, 1.54) is 12.8 Å². The number of benzene rings is 2. The summed E-state index contributed by atoms with van der Waals surface area (Å²) in [6, 6.07) is 10.1. The van der Waals surface area contributed by atoms with Gasteiger partial charge in [-0.1, -0.05) is 25.0 Å². The van der Waals surface area contributed by atoms with Gasteiger partial charge >= 0.3 is 5.97 Å². The van der Waals surface area contributed by atoms with Gasteiger partial charge in [0, 0.05) is 12.8 Å². The standard InChI is InChI=1S/C28H36O6/c1-4-32-26-17-21(15-19(2)20(26)3)25-10-9-24(16-22(25)18-33-23-7-5-6-8-23)34-28(27(29)30)11-13-31-14-12-28/h9-10,15-17,23H,4-8,11-14,18H2,1-3H3,(H,29,30). The van der Waals surface area contributed by atoms with Crippen molar-refractivity contribution >= 4 is 5.97 Å². The Hall–Kier alpha value is -2.57. The molecule has 1 saturated heterocycles. The molecule has 0 atom stereocenters. The summed E-state index contributed by atoms with van der Waals surface area (Å²) in [4.78, 5) is 12.1. The van der Waals surface area contributed by atoms with Crippen molar-refractivity contribution < 1.29 is 28.8 Å². The minimum Gasteiger partial charge on any atom is -0.494 e. The molecule has 6 nitrogen and oxygen atoms in total. The molecule has 2 aromatic carbocycles. The van der Waals surface area contributed by atoms with E-state index < -0.39 is 11.6 Å². The second kappa shape index (κ2) is 10.8. The first-order valence-corrected chi connectivity index (χ1v) is 12.4. The van der Waals surface area contributed by atoms with Crippen LogP contribution in [0.2, 0.25) is 0 Å². The fourth-order valence-corrected chi connectivity index (χ4v) is 4.87. The minimum atomic E-state index is -1.26. The van der Waals surface area contributed by atoms with Crippen molar-refractivity contribution in [1.82, 2.24) is 0 Å². The van der Waals surface area contributed by atoms with Gasteiger partial charge in [0.05, 0.1) is 32.5 Å². The van der Waals surface area contributed by atoms with Gasteiger partial charge in [-0.05, 0) is 79.6 Å². The lowest BCUT2D eigenvalue weighted by Crippen LogP contribution is -2.49. The molecule has 0 bridgehead atoms. The molecular formula is C28H36O6. The van der Waals surface area contributed by atoms with Gasteiger partial charge in [0.25, 0.3) is 0 Å². The molecule has 0 amide bonds. The van der Waals surface area contributed by atoms with Gasteiger partial charge in [-0.15, -0.1) is 0 Å². The van der Waals surface area contributed by atoms with Crippen LogP contribution in [0.4, 0.5) is 0 Å². The Morgan fingerprint density at radius 2 is 1.85 bits per heavy atom. The van der Waals surface area contributed by atoms with Crippen LogP contribution >= 0.6 is 0 Å². The fourth-order valence-electron chi connectivity index (χ4n) is 4.87. The normalized spacial score (nSPS) is 18.1. The summed E-state index contributed by atoms with van der Waals surface area (Å²) in [5, 5.41) is 9.92. The third kappa shape index (κ3) is 5.39. The van der Waals surface area contributed by atoms with Crippen LogP contribution in [0.1, 0.15) is 62.1 Å². The smallest absolute Gasteiger partial charge is 0.348 e. The highest BCUT2D eigenvalue weighted by Gasteiger charge is 2.43. The minimum absolute atomic E-state index is 0.275. The first-order chi connectivity index (χ1) is 16.4. The average molecular weight is 469 g/mol. The fraction of sp³-hybridized carbons (Fsp3) is 0.536. The van der Waals surface area contributed by atoms with Crippen molar-refractivity contribution in [3.63, 3.8) is 0 Å². The zero-order chi connectivity index (χ0) is 24.1. The summed E-state index contributed by atoms with van der Waals surface area (Å²) in [6.45, 7) is 7.98. The van der Waals surface area contributed by atoms with E-state index in [-0.39, 0.29) is 6.10 Å². The maximum absolute atomic E-state index is 12.1. The van der Waals surface area contributed by atoms with Crippen LogP contribution in [0.5, 0.6) is 11.5 Å². The Morgan fingerprint density at radius 3 is 2.53 bits per heavy atom. The number of carbonyl (C=O) groups is 1. The van der Waals surface area contributed by atoms with Crippen LogP contribution in [0.25, 0.3) is 11.1 Å². The SMILES string of the molecule is CCOc1cc(-c2ccc(OC3(C(=O)O)CCOCC3)cc2COC2CCCC2)cc(C)c1C. The summed E-state index contributed by atoms with van der Waals surface area (Å²) >= 11 is 0.